The number of aromatic nitrogens is 2. The van der Waals surface area contributed by atoms with Crippen molar-refractivity contribution < 1.29 is 4.79 Å². The number of aryl methyl sites for hydroxylation is 1. The van der Waals surface area contributed by atoms with Crippen LogP contribution in [0.5, 0.6) is 0 Å². The topological polar surface area (TPSA) is 64.2 Å². The Morgan fingerprint density at radius 1 is 1.73 bits per heavy atom. The van der Waals surface area contributed by atoms with E-state index >= 15 is 0 Å². The van der Waals surface area contributed by atoms with Crippen LogP contribution >= 0.6 is 0 Å². The third-order valence-electron chi connectivity index (χ3n) is 2.72. The van der Waals surface area contributed by atoms with Gasteiger partial charge in [-0.25, -0.2) is 0 Å². The summed E-state index contributed by atoms with van der Waals surface area (Å²) in [5.74, 6) is 0.0441. The van der Waals surface area contributed by atoms with Crippen LogP contribution in [0.25, 0.3) is 0 Å². The van der Waals surface area contributed by atoms with Crippen molar-refractivity contribution in [3.8, 4) is 0 Å². The summed E-state index contributed by atoms with van der Waals surface area (Å²) in [5.41, 5.74) is 6.42. The highest BCUT2D eigenvalue weighted by Gasteiger charge is 2.25. The minimum absolute atomic E-state index is 0.0441. The highest BCUT2D eigenvalue weighted by Crippen LogP contribution is 2.11. The van der Waals surface area contributed by atoms with Crippen molar-refractivity contribution in [3.63, 3.8) is 0 Å². The van der Waals surface area contributed by atoms with Gasteiger partial charge in [0.2, 0.25) is 0 Å². The lowest BCUT2D eigenvalue weighted by Crippen LogP contribution is -2.31. The number of amides is 1. The first-order valence-electron chi connectivity index (χ1n) is 5.28. The minimum atomic E-state index is 0.0441. The van der Waals surface area contributed by atoms with E-state index in [9.17, 15) is 4.79 Å². The van der Waals surface area contributed by atoms with Gasteiger partial charge in [0.15, 0.2) is 0 Å². The molecular formula is C10H16N4O. The summed E-state index contributed by atoms with van der Waals surface area (Å²) in [6, 6.07) is 0.134. The van der Waals surface area contributed by atoms with Crippen molar-refractivity contribution in [2.24, 2.45) is 5.73 Å². The lowest BCUT2D eigenvalue weighted by Gasteiger charge is -2.13. The van der Waals surface area contributed by atoms with E-state index < -0.39 is 0 Å². The van der Waals surface area contributed by atoms with Gasteiger partial charge in [-0.3, -0.25) is 9.48 Å². The molecule has 1 aliphatic heterocycles. The second-order valence-corrected chi connectivity index (χ2v) is 3.88. The Balaban J connectivity index is 2.07. The molecule has 0 radical (unpaired) electrons. The monoisotopic (exact) mass is 208 g/mol. The van der Waals surface area contributed by atoms with Crippen LogP contribution in [0.15, 0.2) is 12.4 Å². The number of likely N-dealkylation sites (tertiary alicyclic amines) is 1. The molecule has 82 valence electrons. The third-order valence-corrected chi connectivity index (χ3v) is 2.72. The van der Waals surface area contributed by atoms with Crippen molar-refractivity contribution in [2.75, 3.05) is 13.1 Å². The summed E-state index contributed by atoms with van der Waals surface area (Å²) in [7, 11) is 0. The average Bonchev–Trinajstić information content (AvgIpc) is 2.84. The maximum absolute atomic E-state index is 11.9. The Morgan fingerprint density at radius 2 is 2.53 bits per heavy atom. The molecule has 1 atom stereocenters. The van der Waals surface area contributed by atoms with Crippen LogP contribution in [0.1, 0.15) is 23.7 Å². The maximum atomic E-state index is 11.9. The number of hydrogen-bond donors (Lipinski definition) is 1. The summed E-state index contributed by atoms with van der Waals surface area (Å²) in [6.07, 6.45) is 4.30. The molecule has 1 aromatic rings. The minimum Gasteiger partial charge on any atom is -0.337 e. The van der Waals surface area contributed by atoms with Gasteiger partial charge in [-0.2, -0.15) is 5.10 Å². The van der Waals surface area contributed by atoms with Gasteiger partial charge in [0.1, 0.15) is 0 Å². The second-order valence-electron chi connectivity index (χ2n) is 3.88. The fourth-order valence-corrected chi connectivity index (χ4v) is 1.80. The standard InChI is InChI=1S/C10H16N4O/c1-2-14-6-8(5-12-14)10(15)13-4-3-9(11)7-13/h5-6,9H,2-4,7,11H2,1H3/t9-/m1/s1. The Morgan fingerprint density at radius 3 is 3.07 bits per heavy atom. The molecule has 0 saturated carbocycles. The van der Waals surface area contributed by atoms with E-state index in [1.54, 1.807) is 22.0 Å². The van der Waals surface area contributed by atoms with Crippen LogP contribution in [-0.2, 0) is 6.54 Å². The molecule has 0 bridgehead atoms. The van der Waals surface area contributed by atoms with Crippen LogP contribution in [0.2, 0.25) is 0 Å². The molecule has 5 nitrogen and oxygen atoms in total. The Hall–Kier alpha value is -1.36. The molecule has 1 amide bonds. The molecule has 0 unspecified atom stereocenters. The van der Waals surface area contributed by atoms with Gasteiger partial charge in [-0.05, 0) is 13.3 Å². The largest absolute Gasteiger partial charge is 0.337 e. The molecule has 1 saturated heterocycles. The zero-order valence-electron chi connectivity index (χ0n) is 8.89. The van der Waals surface area contributed by atoms with Crippen LogP contribution in [-0.4, -0.2) is 39.7 Å². The molecule has 15 heavy (non-hydrogen) atoms. The second kappa shape index (κ2) is 4.02. The van der Waals surface area contributed by atoms with Crippen molar-refractivity contribution in [1.29, 1.82) is 0 Å². The van der Waals surface area contributed by atoms with E-state index in [-0.39, 0.29) is 11.9 Å². The van der Waals surface area contributed by atoms with Crippen LogP contribution in [0, 0.1) is 0 Å². The fraction of sp³-hybridized carbons (Fsp3) is 0.600. The summed E-state index contributed by atoms with van der Waals surface area (Å²) in [5, 5.41) is 4.08. The van der Waals surface area contributed by atoms with Gasteiger partial charge in [-0.1, -0.05) is 0 Å². The van der Waals surface area contributed by atoms with Crippen LogP contribution < -0.4 is 5.73 Å². The lowest BCUT2D eigenvalue weighted by molar-refractivity contribution is 0.0791. The van der Waals surface area contributed by atoms with Crippen LogP contribution in [0.3, 0.4) is 0 Å². The summed E-state index contributed by atoms with van der Waals surface area (Å²) in [4.78, 5) is 13.7. The van der Waals surface area contributed by atoms with E-state index in [4.69, 9.17) is 5.73 Å². The number of carbonyl (C=O) groups excluding carboxylic acids is 1. The number of nitrogens with two attached hydrogens (primary N) is 1. The van der Waals surface area contributed by atoms with Gasteiger partial charge in [0.25, 0.3) is 5.91 Å². The molecule has 1 fully saturated rings. The molecule has 1 aliphatic rings. The van der Waals surface area contributed by atoms with Gasteiger partial charge in [-0.15, -0.1) is 0 Å². The first-order chi connectivity index (χ1) is 7.20. The van der Waals surface area contributed by atoms with Gasteiger partial charge < -0.3 is 10.6 Å². The molecule has 0 spiro atoms. The first-order valence-corrected chi connectivity index (χ1v) is 5.28. The van der Waals surface area contributed by atoms with E-state index in [1.165, 1.54) is 0 Å². The molecule has 1 aromatic heterocycles. The molecule has 5 heteroatoms. The smallest absolute Gasteiger partial charge is 0.257 e. The highest BCUT2D eigenvalue weighted by molar-refractivity contribution is 5.93. The normalized spacial score (nSPS) is 20.9. The molecule has 2 heterocycles. The van der Waals surface area contributed by atoms with E-state index in [1.807, 2.05) is 6.92 Å². The quantitative estimate of drug-likeness (QED) is 0.748. The van der Waals surface area contributed by atoms with Crippen molar-refractivity contribution in [2.45, 2.75) is 25.9 Å². The Bertz CT molecular complexity index is 360. The van der Waals surface area contributed by atoms with E-state index in [0.29, 0.717) is 12.1 Å². The molecule has 2 rings (SSSR count). The lowest BCUT2D eigenvalue weighted by atomic mass is 10.3. The average molecular weight is 208 g/mol. The fourth-order valence-electron chi connectivity index (χ4n) is 1.80. The van der Waals surface area contributed by atoms with E-state index in [2.05, 4.69) is 5.10 Å². The summed E-state index contributed by atoms with van der Waals surface area (Å²) < 4.78 is 1.75. The number of rotatable bonds is 2. The summed E-state index contributed by atoms with van der Waals surface area (Å²) in [6.45, 7) is 4.20. The maximum Gasteiger partial charge on any atom is 0.257 e. The van der Waals surface area contributed by atoms with Crippen molar-refractivity contribution in [3.05, 3.63) is 18.0 Å². The zero-order chi connectivity index (χ0) is 10.8. The van der Waals surface area contributed by atoms with E-state index in [0.717, 1.165) is 19.5 Å². The predicted molar refractivity (Wildman–Crippen MR) is 56.4 cm³/mol. The third kappa shape index (κ3) is 2.02. The zero-order valence-corrected chi connectivity index (χ0v) is 8.89. The van der Waals surface area contributed by atoms with Gasteiger partial charge in [0.05, 0.1) is 11.8 Å². The van der Waals surface area contributed by atoms with Gasteiger partial charge in [0, 0.05) is 31.9 Å². The van der Waals surface area contributed by atoms with Crippen molar-refractivity contribution in [1.82, 2.24) is 14.7 Å². The molecule has 2 N–H and O–H groups in total. The first kappa shape index (κ1) is 10.2. The molecular weight excluding hydrogens is 192 g/mol. The van der Waals surface area contributed by atoms with Gasteiger partial charge >= 0.3 is 0 Å². The number of nitrogens with zero attached hydrogens (tertiary/aromatic N) is 3. The Labute approximate surface area is 88.8 Å². The molecule has 0 aliphatic carbocycles. The predicted octanol–water partition coefficient (Wildman–Crippen LogP) is 0.0762. The number of hydrogen-bond acceptors (Lipinski definition) is 3. The summed E-state index contributed by atoms with van der Waals surface area (Å²) >= 11 is 0. The van der Waals surface area contributed by atoms with Crippen LogP contribution in [0.4, 0.5) is 0 Å². The Kier molecular flexibility index (Phi) is 2.73. The highest BCUT2D eigenvalue weighted by atomic mass is 16.2. The van der Waals surface area contributed by atoms with Crippen molar-refractivity contribution >= 4 is 5.91 Å². The SMILES string of the molecule is CCn1cc(C(=O)N2CC[C@@H](N)C2)cn1. The molecule has 0 aromatic carbocycles. The number of carbonyl (C=O) groups is 1.